The molecule has 8 nitrogen and oxygen atoms in total. The molecule has 0 saturated carbocycles. The Morgan fingerprint density at radius 2 is 2.41 bits per heavy atom. The van der Waals surface area contributed by atoms with Gasteiger partial charge in [0.05, 0.1) is 32.1 Å². The molecule has 0 aliphatic carbocycles. The summed E-state index contributed by atoms with van der Waals surface area (Å²) in [6, 6.07) is 3.33. The number of anilines is 1. The highest BCUT2D eigenvalue weighted by Gasteiger charge is 2.24. The number of hydrogen-bond donors (Lipinski definition) is 1. The molecule has 8 heteroatoms. The number of nitrogens with zero attached hydrogens (tertiary/aromatic N) is 4. The van der Waals surface area contributed by atoms with Crippen molar-refractivity contribution in [1.82, 2.24) is 19.5 Å². The molecule has 0 radical (unpaired) electrons. The molecule has 118 valence electrons. The lowest BCUT2D eigenvalue weighted by atomic mass is 10.3. The number of carbonyl (C=O) groups is 1. The summed E-state index contributed by atoms with van der Waals surface area (Å²) in [5.74, 6) is 0.591. The summed E-state index contributed by atoms with van der Waals surface area (Å²) < 4.78 is 12.5. The van der Waals surface area contributed by atoms with E-state index in [1.54, 1.807) is 33.9 Å². The monoisotopic (exact) mass is 305 g/mol. The van der Waals surface area contributed by atoms with E-state index in [0.29, 0.717) is 44.4 Å². The number of carbonyl (C=O) groups excluding carboxylic acids is 1. The molecule has 1 aliphatic heterocycles. The van der Waals surface area contributed by atoms with Crippen molar-refractivity contribution in [1.29, 1.82) is 0 Å². The number of aromatic nitrogens is 3. The second kappa shape index (κ2) is 6.71. The lowest BCUT2D eigenvalue weighted by Gasteiger charge is -2.32. The minimum atomic E-state index is -0.173. The van der Waals surface area contributed by atoms with Crippen LogP contribution in [0.3, 0.4) is 0 Å². The maximum Gasteiger partial charge on any atom is 0.323 e. The van der Waals surface area contributed by atoms with Gasteiger partial charge in [-0.3, -0.25) is 5.32 Å². The number of morpholine rings is 1. The Morgan fingerprint density at radius 3 is 3.27 bits per heavy atom. The lowest BCUT2D eigenvalue weighted by molar-refractivity contribution is -0.0555. The van der Waals surface area contributed by atoms with E-state index in [2.05, 4.69) is 15.4 Å². The Hall–Kier alpha value is -2.19. The van der Waals surface area contributed by atoms with Gasteiger partial charge >= 0.3 is 6.03 Å². The van der Waals surface area contributed by atoms with E-state index in [9.17, 15) is 4.79 Å². The molecule has 2 amide bonds. The number of fused-ring (bicyclic) bond motifs is 1. The van der Waals surface area contributed by atoms with Crippen LogP contribution in [0.4, 0.5) is 10.6 Å². The number of urea groups is 1. The van der Waals surface area contributed by atoms with Crippen LogP contribution < -0.4 is 5.32 Å². The first-order valence-corrected chi connectivity index (χ1v) is 7.32. The van der Waals surface area contributed by atoms with Crippen LogP contribution in [-0.2, 0) is 9.47 Å². The number of ether oxygens (including phenoxy) is 2. The van der Waals surface area contributed by atoms with Gasteiger partial charge in [-0.15, -0.1) is 0 Å². The third kappa shape index (κ3) is 3.18. The van der Waals surface area contributed by atoms with Gasteiger partial charge < -0.3 is 14.4 Å². The van der Waals surface area contributed by atoms with Crippen molar-refractivity contribution in [2.24, 2.45) is 0 Å². The van der Waals surface area contributed by atoms with Crippen LogP contribution in [0.25, 0.3) is 5.65 Å². The summed E-state index contributed by atoms with van der Waals surface area (Å²) in [5.41, 5.74) is 0.689. The van der Waals surface area contributed by atoms with Crippen molar-refractivity contribution >= 4 is 17.5 Å². The molecular weight excluding hydrogens is 286 g/mol. The van der Waals surface area contributed by atoms with E-state index in [4.69, 9.17) is 9.47 Å². The number of hydrogen-bond acceptors (Lipinski definition) is 5. The zero-order chi connectivity index (χ0) is 15.4. The highest BCUT2D eigenvalue weighted by Crippen LogP contribution is 2.12. The molecular formula is C14H19N5O3. The first-order valence-electron chi connectivity index (χ1n) is 7.32. The second-order valence-electron chi connectivity index (χ2n) is 4.96. The van der Waals surface area contributed by atoms with Crippen LogP contribution in [0.5, 0.6) is 0 Å². The standard InChI is InChI=1S/C14H19N5O3/c1-2-21-10-11-9-18(7-8-22-11)14(20)17-13-3-5-15-12-4-6-16-19(12)13/h3-6,11H,2,7-10H2,1H3,(H,17,20). The van der Waals surface area contributed by atoms with Crippen LogP contribution in [0.15, 0.2) is 24.5 Å². The van der Waals surface area contributed by atoms with E-state index in [1.807, 2.05) is 6.92 Å². The van der Waals surface area contributed by atoms with Crippen LogP contribution in [0, 0.1) is 0 Å². The van der Waals surface area contributed by atoms with E-state index in [1.165, 1.54) is 0 Å². The van der Waals surface area contributed by atoms with E-state index >= 15 is 0 Å². The first kappa shape index (κ1) is 14.7. The molecule has 22 heavy (non-hydrogen) atoms. The average molecular weight is 305 g/mol. The SMILES string of the molecule is CCOCC1CN(C(=O)Nc2ccnc3ccnn23)CCO1. The number of amides is 2. The molecule has 1 saturated heterocycles. The Morgan fingerprint density at radius 1 is 1.50 bits per heavy atom. The van der Waals surface area contributed by atoms with Gasteiger partial charge in [-0.25, -0.2) is 9.78 Å². The molecule has 0 spiro atoms. The van der Waals surface area contributed by atoms with Crippen LogP contribution >= 0.6 is 0 Å². The highest BCUT2D eigenvalue weighted by molar-refractivity contribution is 5.88. The Bertz CT molecular complexity index is 644. The van der Waals surface area contributed by atoms with Gasteiger partial charge in [0, 0.05) is 25.4 Å². The topological polar surface area (TPSA) is 81.0 Å². The summed E-state index contributed by atoms with van der Waals surface area (Å²) in [6.07, 6.45) is 3.20. The molecule has 2 aromatic rings. The maximum atomic E-state index is 12.4. The molecule has 0 aromatic carbocycles. The van der Waals surface area contributed by atoms with Crippen LogP contribution in [-0.4, -0.2) is 64.5 Å². The molecule has 0 bridgehead atoms. The van der Waals surface area contributed by atoms with Crippen molar-refractivity contribution in [3.63, 3.8) is 0 Å². The fourth-order valence-corrected chi connectivity index (χ4v) is 2.37. The van der Waals surface area contributed by atoms with Crippen molar-refractivity contribution in [2.45, 2.75) is 13.0 Å². The molecule has 3 heterocycles. The lowest BCUT2D eigenvalue weighted by Crippen LogP contribution is -2.48. The van der Waals surface area contributed by atoms with Gasteiger partial charge in [-0.1, -0.05) is 0 Å². The fourth-order valence-electron chi connectivity index (χ4n) is 2.37. The minimum absolute atomic E-state index is 0.0818. The second-order valence-corrected chi connectivity index (χ2v) is 4.96. The van der Waals surface area contributed by atoms with E-state index in [-0.39, 0.29) is 12.1 Å². The smallest absolute Gasteiger partial charge is 0.323 e. The largest absolute Gasteiger partial charge is 0.379 e. The van der Waals surface area contributed by atoms with Crippen molar-refractivity contribution in [2.75, 3.05) is 38.2 Å². The average Bonchev–Trinajstić information content (AvgIpc) is 3.03. The summed E-state index contributed by atoms with van der Waals surface area (Å²) in [5, 5.41) is 7.02. The summed E-state index contributed by atoms with van der Waals surface area (Å²) in [4.78, 5) is 18.3. The summed E-state index contributed by atoms with van der Waals surface area (Å²) >= 11 is 0. The van der Waals surface area contributed by atoms with E-state index < -0.39 is 0 Å². The number of rotatable bonds is 4. The quantitative estimate of drug-likeness (QED) is 0.911. The third-order valence-corrected chi connectivity index (χ3v) is 3.46. The predicted molar refractivity (Wildman–Crippen MR) is 79.8 cm³/mol. The van der Waals surface area contributed by atoms with Gasteiger partial charge in [0.15, 0.2) is 5.65 Å². The van der Waals surface area contributed by atoms with Gasteiger partial charge in [0.2, 0.25) is 0 Å². The van der Waals surface area contributed by atoms with Crippen LogP contribution in [0.2, 0.25) is 0 Å². The Labute approximate surface area is 128 Å². The van der Waals surface area contributed by atoms with Gasteiger partial charge in [0.1, 0.15) is 5.82 Å². The van der Waals surface area contributed by atoms with Crippen molar-refractivity contribution in [3.8, 4) is 0 Å². The van der Waals surface area contributed by atoms with Crippen molar-refractivity contribution in [3.05, 3.63) is 24.5 Å². The first-order chi connectivity index (χ1) is 10.8. The molecule has 2 aromatic heterocycles. The molecule has 1 aliphatic rings. The maximum absolute atomic E-state index is 12.4. The summed E-state index contributed by atoms with van der Waals surface area (Å²) in [6.45, 7) is 4.66. The minimum Gasteiger partial charge on any atom is -0.379 e. The molecule has 1 N–H and O–H groups in total. The molecule has 1 unspecified atom stereocenters. The molecule has 3 rings (SSSR count). The zero-order valence-corrected chi connectivity index (χ0v) is 12.4. The van der Waals surface area contributed by atoms with Gasteiger partial charge in [-0.05, 0) is 13.0 Å². The van der Waals surface area contributed by atoms with Crippen molar-refractivity contribution < 1.29 is 14.3 Å². The Kier molecular flexibility index (Phi) is 4.50. The fraction of sp³-hybridized carbons (Fsp3) is 0.500. The Balaban J connectivity index is 1.65. The van der Waals surface area contributed by atoms with Crippen LogP contribution in [0.1, 0.15) is 6.92 Å². The highest BCUT2D eigenvalue weighted by atomic mass is 16.5. The third-order valence-electron chi connectivity index (χ3n) is 3.46. The van der Waals surface area contributed by atoms with Gasteiger partial charge in [0.25, 0.3) is 0 Å². The zero-order valence-electron chi connectivity index (χ0n) is 12.4. The predicted octanol–water partition coefficient (Wildman–Crippen LogP) is 0.998. The number of nitrogens with one attached hydrogen (secondary N) is 1. The van der Waals surface area contributed by atoms with Gasteiger partial charge in [-0.2, -0.15) is 9.61 Å². The molecule has 1 fully saturated rings. The van der Waals surface area contributed by atoms with E-state index in [0.717, 1.165) is 0 Å². The molecule has 1 atom stereocenters. The normalized spacial score (nSPS) is 18.6. The summed E-state index contributed by atoms with van der Waals surface area (Å²) in [7, 11) is 0.